The van der Waals surface area contributed by atoms with E-state index in [0.717, 1.165) is 13.2 Å². The van der Waals surface area contributed by atoms with Gasteiger partial charge in [0, 0.05) is 0 Å². The van der Waals surface area contributed by atoms with Gasteiger partial charge >= 0.3 is 33.0 Å². The van der Waals surface area contributed by atoms with E-state index in [4.69, 9.17) is 4.74 Å². The van der Waals surface area contributed by atoms with Gasteiger partial charge in [-0.3, -0.25) is 0 Å². The standard InChI is InChI=1S/C9H20NO.F6P/c1-3-4-5-10(2)6-8-11-9-7-10;1-7(2,3,4,5)6/h3-9H2,1-2H3;/q+1;-1. The SMILES string of the molecule is CCCC[N+]1(C)CCOCC1.F[P-](F)(F)(F)(F)F. The van der Waals surface area contributed by atoms with Crippen LogP contribution in [0.5, 0.6) is 0 Å². The Hall–Kier alpha value is -0.0700. The Morgan fingerprint density at radius 2 is 1.39 bits per heavy atom. The van der Waals surface area contributed by atoms with Gasteiger partial charge in [-0.05, 0) is 6.42 Å². The third-order valence-electron chi connectivity index (χ3n) is 2.60. The molecule has 0 N–H and O–H groups in total. The normalized spacial score (nSPS) is 23.3. The molecule has 1 aliphatic rings. The van der Waals surface area contributed by atoms with Crippen LogP contribution in [0, 0.1) is 0 Å². The molecule has 9 heteroatoms. The maximum atomic E-state index is 9.87. The number of likely N-dealkylation sites (N-methyl/N-ethyl adjacent to an activating group) is 1. The predicted molar refractivity (Wildman–Crippen MR) is 60.1 cm³/mol. The Morgan fingerprint density at radius 3 is 1.72 bits per heavy atom. The first-order chi connectivity index (χ1) is 7.72. The average Bonchev–Trinajstić information content (AvgIpc) is 2.11. The molecule has 0 aromatic heterocycles. The van der Waals surface area contributed by atoms with E-state index >= 15 is 0 Å². The van der Waals surface area contributed by atoms with Crippen molar-refractivity contribution < 1.29 is 34.4 Å². The summed E-state index contributed by atoms with van der Waals surface area (Å²) in [5, 5.41) is 0. The fraction of sp³-hybridized carbons (Fsp3) is 1.00. The third kappa shape index (κ3) is 15.9. The van der Waals surface area contributed by atoms with Gasteiger partial charge in [0.25, 0.3) is 0 Å². The van der Waals surface area contributed by atoms with E-state index in [0.29, 0.717) is 0 Å². The summed E-state index contributed by atoms with van der Waals surface area (Å²) in [5.74, 6) is 0. The van der Waals surface area contributed by atoms with E-state index in [1.54, 1.807) is 0 Å². The molecule has 114 valence electrons. The summed E-state index contributed by atoms with van der Waals surface area (Å²) in [6.07, 6.45) is 2.67. The van der Waals surface area contributed by atoms with Gasteiger partial charge in [0.15, 0.2) is 0 Å². The topological polar surface area (TPSA) is 9.23 Å². The van der Waals surface area contributed by atoms with Crippen molar-refractivity contribution in [3.8, 4) is 0 Å². The Labute approximate surface area is 103 Å². The number of morpholine rings is 1. The van der Waals surface area contributed by atoms with Crippen molar-refractivity contribution in [1.82, 2.24) is 0 Å². The molecule has 1 saturated heterocycles. The molecule has 18 heavy (non-hydrogen) atoms. The summed E-state index contributed by atoms with van der Waals surface area (Å²) in [6.45, 7) is 7.92. The second kappa shape index (κ2) is 5.13. The number of hydrogen-bond acceptors (Lipinski definition) is 1. The number of nitrogens with zero attached hydrogens (tertiary/aromatic N) is 1. The molecule has 0 unspecified atom stereocenters. The van der Waals surface area contributed by atoms with Gasteiger partial charge in [0.1, 0.15) is 13.1 Å². The van der Waals surface area contributed by atoms with Crippen LogP contribution in [-0.4, -0.2) is 44.4 Å². The fourth-order valence-electron chi connectivity index (χ4n) is 1.55. The molecule has 2 nitrogen and oxygen atoms in total. The van der Waals surface area contributed by atoms with Crippen LogP contribution in [0.1, 0.15) is 19.8 Å². The average molecular weight is 303 g/mol. The van der Waals surface area contributed by atoms with Crippen LogP contribution in [0.25, 0.3) is 0 Å². The van der Waals surface area contributed by atoms with Crippen LogP contribution < -0.4 is 0 Å². The summed E-state index contributed by atoms with van der Waals surface area (Å²) >= 11 is 0. The molecule has 0 spiro atoms. The van der Waals surface area contributed by atoms with E-state index in [1.165, 1.54) is 37.0 Å². The first-order valence-electron chi connectivity index (χ1n) is 5.69. The molecular weight excluding hydrogens is 283 g/mol. The van der Waals surface area contributed by atoms with Crippen LogP contribution in [0.15, 0.2) is 0 Å². The zero-order valence-corrected chi connectivity index (χ0v) is 11.4. The summed E-state index contributed by atoms with van der Waals surface area (Å²) in [7, 11) is -8.31. The quantitative estimate of drug-likeness (QED) is 0.419. The van der Waals surface area contributed by atoms with Crippen molar-refractivity contribution in [1.29, 1.82) is 0 Å². The van der Waals surface area contributed by atoms with Crippen LogP contribution in [0.3, 0.4) is 0 Å². The monoisotopic (exact) mass is 303 g/mol. The van der Waals surface area contributed by atoms with Crippen molar-refractivity contribution in [2.45, 2.75) is 19.8 Å². The zero-order chi connectivity index (χ0) is 14.6. The molecule has 0 bridgehead atoms. The van der Waals surface area contributed by atoms with Gasteiger partial charge in [0.2, 0.25) is 0 Å². The molecule has 0 amide bonds. The minimum absolute atomic E-state index is 0.959. The fourth-order valence-corrected chi connectivity index (χ4v) is 1.55. The van der Waals surface area contributed by atoms with E-state index in [1.807, 2.05) is 0 Å². The Bertz CT molecular complexity index is 246. The Morgan fingerprint density at radius 1 is 1.00 bits per heavy atom. The Kier molecular flexibility index (Phi) is 5.11. The van der Waals surface area contributed by atoms with Gasteiger partial charge in [-0.1, -0.05) is 13.3 Å². The molecule has 1 fully saturated rings. The first-order valence-corrected chi connectivity index (χ1v) is 7.72. The minimum atomic E-state index is -10.7. The van der Waals surface area contributed by atoms with E-state index in [9.17, 15) is 25.2 Å². The van der Waals surface area contributed by atoms with Crippen LogP contribution in [0.2, 0.25) is 0 Å². The molecule has 0 aliphatic carbocycles. The summed E-state index contributed by atoms with van der Waals surface area (Å²) < 4.78 is 65.8. The van der Waals surface area contributed by atoms with Gasteiger partial charge in [0.05, 0.1) is 26.8 Å². The molecule has 0 radical (unpaired) electrons. The molecular formula is C9H20F6NOP. The second-order valence-corrected chi connectivity index (χ2v) is 6.63. The summed E-state index contributed by atoms with van der Waals surface area (Å²) in [5.41, 5.74) is 0. The summed E-state index contributed by atoms with van der Waals surface area (Å²) in [6, 6.07) is 0. The number of ether oxygens (including phenoxy) is 1. The molecule has 0 aromatic rings. The van der Waals surface area contributed by atoms with Gasteiger partial charge in [-0.15, -0.1) is 0 Å². The van der Waals surface area contributed by atoms with Gasteiger partial charge < -0.3 is 9.22 Å². The number of unbranched alkanes of at least 4 members (excludes halogenated alkanes) is 1. The van der Waals surface area contributed by atoms with E-state index in [2.05, 4.69) is 14.0 Å². The van der Waals surface area contributed by atoms with Crippen molar-refractivity contribution in [2.24, 2.45) is 0 Å². The van der Waals surface area contributed by atoms with Crippen molar-refractivity contribution in [3.63, 3.8) is 0 Å². The molecule has 0 saturated carbocycles. The molecule has 0 atom stereocenters. The van der Waals surface area contributed by atoms with Crippen LogP contribution >= 0.6 is 7.81 Å². The predicted octanol–water partition coefficient (Wildman–Crippen LogP) is 4.65. The number of halogens is 6. The maximum absolute atomic E-state index is 10.7. The van der Waals surface area contributed by atoms with Crippen molar-refractivity contribution in [3.05, 3.63) is 0 Å². The number of hydrogen-bond donors (Lipinski definition) is 0. The van der Waals surface area contributed by atoms with Crippen LogP contribution in [0.4, 0.5) is 25.2 Å². The van der Waals surface area contributed by atoms with Crippen molar-refractivity contribution >= 4 is 7.81 Å². The van der Waals surface area contributed by atoms with Gasteiger partial charge in [-0.25, -0.2) is 0 Å². The van der Waals surface area contributed by atoms with Crippen molar-refractivity contribution in [2.75, 3.05) is 39.9 Å². The molecule has 0 aromatic carbocycles. The number of quaternary nitrogens is 1. The zero-order valence-electron chi connectivity index (χ0n) is 10.5. The van der Waals surface area contributed by atoms with Gasteiger partial charge in [-0.2, -0.15) is 0 Å². The molecule has 1 aliphatic heterocycles. The van der Waals surface area contributed by atoms with Crippen LogP contribution in [-0.2, 0) is 4.74 Å². The first kappa shape index (κ1) is 17.9. The third-order valence-corrected chi connectivity index (χ3v) is 2.60. The summed E-state index contributed by atoms with van der Waals surface area (Å²) in [4.78, 5) is 0. The number of rotatable bonds is 3. The van der Waals surface area contributed by atoms with E-state index < -0.39 is 7.81 Å². The molecule has 1 heterocycles. The molecule has 1 rings (SSSR count). The Balaban J connectivity index is 0.000000360. The van der Waals surface area contributed by atoms with E-state index in [-0.39, 0.29) is 0 Å². The second-order valence-electron chi connectivity index (χ2n) is 4.71.